The van der Waals surface area contributed by atoms with Crippen LogP contribution in [0.4, 0.5) is 13.2 Å². The maximum Gasteiger partial charge on any atom is 0.446 e. The van der Waals surface area contributed by atoms with Gasteiger partial charge in [0.2, 0.25) is 0 Å². The number of alkyl halides is 3. The van der Waals surface area contributed by atoms with Crippen molar-refractivity contribution >= 4 is 11.8 Å². The third-order valence-electron chi connectivity index (χ3n) is 5.59. The van der Waals surface area contributed by atoms with E-state index in [0.717, 1.165) is 25.2 Å². The number of hydrogen-bond donors (Lipinski definition) is 0. The number of hydrogen-bond acceptors (Lipinski definition) is 3. The second-order valence-electron chi connectivity index (χ2n) is 8.79. The van der Waals surface area contributed by atoms with Crippen LogP contribution >= 0.6 is 11.8 Å². The Bertz CT molecular complexity index is 785. The summed E-state index contributed by atoms with van der Waals surface area (Å²) in [7, 11) is 2.17. The van der Waals surface area contributed by atoms with Crippen LogP contribution in [0.1, 0.15) is 37.9 Å². The molecule has 29 heavy (non-hydrogen) atoms. The van der Waals surface area contributed by atoms with E-state index in [1.165, 1.54) is 5.56 Å². The molecule has 0 aliphatic carbocycles. The minimum atomic E-state index is -4.27. The van der Waals surface area contributed by atoms with E-state index < -0.39 is 5.51 Å². The van der Waals surface area contributed by atoms with E-state index in [4.69, 9.17) is 0 Å². The first-order valence-electron chi connectivity index (χ1n) is 9.89. The Morgan fingerprint density at radius 2 is 1.48 bits per heavy atom. The predicted octanol–water partition coefficient (Wildman–Crippen LogP) is 6.05. The molecule has 1 fully saturated rings. The van der Waals surface area contributed by atoms with Gasteiger partial charge in [-0.25, -0.2) is 0 Å². The van der Waals surface area contributed by atoms with Gasteiger partial charge in [0.05, 0.1) is 6.04 Å². The summed E-state index contributed by atoms with van der Waals surface area (Å²) in [5.41, 5.74) is -1.93. The Morgan fingerprint density at radius 3 is 2.03 bits per heavy atom. The summed E-state index contributed by atoms with van der Waals surface area (Å²) in [6.07, 6.45) is 0. The summed E-state index contributed by atoms with van der Waals surface area (Å²) in [4.78, 5) is 5.11. The third kappa shape index (κ3) is 5.77. The van der Waals surface area contributed by atoms with Crippen LogP contribution in [0.15, 0.2) is 59.5 Å². The minimum Gasteiger partial charge on any atom is -0.300 e. The zero-order valence-corrected chi connectivity index (χ0v) is 18.2. The van der Waals surface area contributed by atoms with Gasteiger partial charge >= 0.3 is 5.51 Å². The molecule has 3 rings (SSSR count). The molecule has 0 aromatic heterocycles. The Morgan fingerprint density at radius 1 is 0.897 bits per heavy atom. The Kier molecular flexibility index (Phi) is 6.66. The molecule has 1 heterocycles. The van der Waals surface area contributed by atoms with E-state index in [2.05, 4.69) is 49.8 Å². The Hall–Kier alpha value is -1.50. The molecule has 1 saturated heterocycles. The van der Waals surface area contributed by atoms with Crippen molar-refractivity contribution in [3.8, 4) is 0 Å². The van der Waals surface area contributed by atoms with Crippen molar-refractivity contribution in [1.82, 2.24) is 9.80 Å². The average molecular weight is 423 g/mol. The van der Waals surface area contributed by atoms with Gasteiger partial charge in [0.15, 0.2) is 0 Å². The molecule has 2 nitrogen and oxygen atoms in total. The third-order valence-corrected chi connectivity index (χ3v) is 6.33. The molecular weight excluding hydrogens is 393 g/mol. The molecule has 0 bridgehead atoms. The molecule has 6 heteroatoms. The molecule has 2 unspecified atom stereocenters. The normalized spacial score (nSPS) is 20.6. The number of halogens is 3. The molecule has 2 aromatic carbocycles. The summed E-state index contributed by atoms with van der Waals surface area (Å²) in [5.74, 6) is 0. The van der Waals surface area contributed by atoms with Crippen molar-refractivity contribution in [1.29, 1.82) is 0 Å². The zero-order valence-electron chi connectivity index (χ0n) is 17.4. The lowest BCUT2D eigenvalue weighted by Gasteiger charge is -2.48. The van der Waals surface area contributed by atoms with Gasteiger partial charge in [-0.15, -0.1) is 0 Å². The highest BCUT2D eigenvalue weighted by atomic mass is 32.2. The lowest BCUT2D eigenvalue weighted by molar-refractivity contribution is -0.0328. The van der Waals surface area contributed by atoms with Gasteiger partial charge in [-0.05, 0) is 47.5 Å². The van der Waals surface area contributed by atoms with E-state index in [0.29, 0.717) is 6.04 Å². The number of benzene rings is 2. The topological polar surface area (TPSA) is 6.48 Å². The highest BCUT2D eigenvalue weighted by Crippen LogP contribution is 2.39. The van der Waals surface area contributed by atoms with Gasteiger partial charge in [-0.3, -0.25) is 4.90 Å². The van der Waals surface area contributed by atoms with Gasteiger partial charge in [0.1, 0.15) is 0 Å². The lowest BCUT2D eigenvalue weighted by atomic mass is 9.83. The summed E-state index contributed by atoms with van der Waals surface area (Å²) in [6, 6.07) is 17.5. The van der Waals surface area contributed by atoms with E-state index in [-0.39, 0.29) is 28.1 Å². The first-order valence-corrected chi connectivity index (χ1v) is 10.7. The van der Waals surface area contributed by atoms with Crippen molar-refractivity contribution in [2.75, 3.05) is 26.7 Å². The molecule has 158 valence electrons. The molecule has 0 spiro atoms. The molecule has 0 N–H and O–H groups in total. The smallest absolute Gasteiger partial charge is 0.300 e. The SMILES string of the molecule is CN1CCN(C(c2ccccc2)c2ccc(SC(F)(F)F)cc2)CC1C(C)(C)C. The number of nitrogens with zero attached hydrogens (tertiary/aromatic N) is 2. The molecule has 1 aliphatic heterocycles. The quantitative estimate of drug-likeness (QED) is 0.554. The molecule has 2 atom stereocenters. The van der Waals surface area contributed by atoms with Crippen LogP contribution in [0.5, 0.6) is 0 Å². The van der Waals surface area contributed by atoms with Gasteiger partial charge < -0.3 is 4.90 Å². The lowest BCUT2D eigenvalue weighted by Crippen LogP contribution is -2.57. The van der Waals surface area contributed by atoms with E-state index in [1.54, 1.807) is 12.1 Å². The molecule has 1 aliphatic rings. The fourth-order valence-electron chi connectivity index (χ4n) is 4.17. The van der Waals surface area contributed by atoms with Crippen LogP contribution in [0.2, 0.25) is 0 Å². The number of thioether (sulfide) groups is 1. The highest BCUT2D eigenvalue weighted by molar-refractivity contribution is 8.00. The molecule has 0 radical (unpaired) electrons. The fourth-order valence-corrected chi connectivity index (χ4v) is 4.70. The summed E-state index contributed by atoms with van der Waals surface area (Å²) >= 11 is -0.0637. The Labute approximate surface area is 176 Å². The van der Waals surface area contributed by atoms with Crippen LogP contribution in [0.25, 0.3) is 0 Å². The van der Waals surface area contributed by atoms with Crippen LogP contribution < -0.4 is 0 Å². The van der Waals surface area contributed by atoms with Crippen LogP contribution in [0.3, 0.4) is 0 Å². The monoisotopic (exact) mass is 422 g/mol. The maximum atomic E-state index is 12.7. The van der Waals surface area contributed by atoms with Gasteiger partial charge in [0, 0.05) is 30.6 Å². The van der Waals surface area contributed by atoms with Crippen molar-refractivity contribution in [3.63, 3.8) is 0 Å². The zero-order chi connectivity index (χ0) is 21.2. The maximum absolute atomic E-state index is 12.7. The van der Waals surface area contributed by atoms with Crippen molar-refractivity contribution in [2.45, 2.75) is 43.3 Å². The number of piperazine rings is 1. The van der Waals surface area contributed by atoms with Gasteiger partial charge in [-0.2, -0.15) is 13.2 Å². The Balaban J connectivity index is 1.92. The van der Waals surface area contributed by atoms with E-state index in [9.17, 15) is 13.2 Å². The predicted molar refractivity (Wildman–Crippen MR) is 114 cm³/mol. The van der Waals surface area contributed by atoms with Crippen LogP contribution in [-0.2, 0) is 0 Å². The summed E-state index contributed by atoms with van der Waals surface area (Å²) < 4.78 is 38.1. The second kappa shape index (κ2) is 8.70. The van der Waals surface area contributed by atoms with Gasteiger partial charge in [-0.1, -0.05) is 63.2 Å². The molecular formula is C23H29F3N2S. The number of likely N-dealkylation sites (N-methyl/N-ethyl adjacent to an activating group) is 1. The number of rotatable bonds is 4. The highest BCUT2D eigenvalue weighted by Gasteiger charge is 2.36. The first kappa shape index (κ1) is 22.2. The minimum absolute atomic E-state index is 0.0275. The molecule has 0 amide bonds. The molecule has 0 saturated carbocycles. The second-order valence-corrected chi connectivity index (χ2v) is 9.93. The fraction of sp³-hybridized carbons (Fsp3) is 0.478. The van der Waals surface area contributed by atoms with Crippen LogP contribution in [-0.4, -0.2) is 48.0 Å². The van der Waals surface area contributed by atoms with E-state index >= 15 is 0 Å². The molecule has 2 aromatic rings. The standard InChI is InChI=1S/C23H29F3N2S/c1-22(2,3)20-16-28(15-14-27(20)4)21(17-8-6-5-7-9-17)18-10-12-19(13-11-18)29-23(24,25)26/h5-13,20-21H,14-16H2,1-4H3. The van der Waals surface area contributed by atoms with Crippen LogP contribution in [0, 0.1) is 5.41 Å². The summed E-state index contributed by atoms with van der Waals surface area (Å²) in [5, 5.41) is 0. The average Bonchev–Trinajstić information content (AvgIpc) is 2.63. The summed E-state index contributed by atoms with van der Waals surface area (Å²) in [6.45, 7) is 9.59. The van der Waals surface area contributed by atoms with Gasteiger partial charge in [0.25, 0.3) is 0 Å². The first-order chi connectivity index (χ1) is 13.5. The largest absolute Gasteiger partial charge is 0.446 e. The van der Waals surface area contributed by atoms with Crippen molar-refractivity contribution in [3.05, 3.63) is 65.7 Å². The van der Waals surface area contributed by atoms with Crippen molar-refractivity contribution in [2.24, 2.45) is 5.41 Å². The van der Waals surface area contributed by atoms with Crippen molar-refractivity contribution < 1.29 is 13.2 Å². The van der Waals surface area contributed by atoms with E-state index in [1.807, 2.05) is 30.3 Å².